The van der Waals surface area contributed by atoms with Crippen LogP contribution < -0.4 is 5.32 Å². The normalized spacial score (nSPS) is 18.1. The summed E-state index contributed by atoms with van der Waals surface area (Å²) in [6.07, 6.45) is 4.04. The molecule has 2 aromatic heterocycles. The van der Waals surface area contributed by atoms with E-state index in [-0.39, 0.29) is 0 Å². The summed E-state index contributed by atoms with van der Waals surface area (Å²) in [5.41, 5.74) is 1.01. The van der Waals surface area contributed by atoms with E-state index in [0.29, 0.717) is 25.0 Å². The smallest absolute Gasteiger partial charge is 0.254 e. The maximum absolute atomic E-state index is 9.85. The lowest BCUT2D eigenvalue weighted by molar-refractivity contribution is 0.0327. The first-order valence-electron chi connectivity index (χ1n) is 8.55. The molecule has 8 nitrogen and oxygen atoms in total. The van der Waals surface area contributed by atoms with E-state index in [1.165, 1.54) is 6.33 Å². The minimum atomic E-state index is -0.415. The van der Waals surface area contributed by atoms with E-state index < -0.39 is 6.10 Å². The Morgan fingerprint density at radius 3 is 2.92 bits per heavy atom. The fourth-order valence-electron chi connectivity index (χ4n) is 3.16. The Hall–Kier alpha value is -1.77. The number of piperidine rings is 1. The van der Waals surface area contributed by atoms with Gasteiger partial charge in [-0.25, -0.2) is 4.98 Å². The molecule has 1 fully saturated rings. The zero-order valence-corrected chi connectivity index (χ0v) is 14.4. The second kappa shape index (κ2) is 7.87. The maximum atomic E-state index is 9.85. The van der Waals surface area contributed by atoms with Gasteiger partial charge in [0.25, 0.3) is 5.78 Å². The van der Waals surface area contributed by atoms with Crippen molar-refractivity contribution in [1.29, 1.82) is 0 Å². The van der Waals surface area contributed by atoms with Crippen LogP contribution in [0.15, 0.2) is 12.4 Å². The lowest BCUT2D eigenvalue weighted by Gasteiger charge is -2.33. The molecule has 8 heteroatoms. The van der Waals surface area contributed by atoms with Crippen molar-refractivity contribution >= 4 is 11.6 Å². The molecule has 1 aliphatic heterocycles. The minimum absolute atomic E-state index is 0.388. The third-order valence-electron chi connectivity index (χ3n) is 4.43. The highest BCUT2D eigenvalue weighted by Gasteiger charge is 2.22. The Balaban J connectivity index is 1.59. The number of rotatable bonds is 7. The molecule has 1 atom stereocenters. The van der Waals surface area contributed by atoms with E-state index in [2.05, 4.69) is 38.3 Å². The van der Waals surface area contributed by atoms with Crippen molar-refractivity contribution < 1.29 is 9.84 Å². The van der Waals surface area contributed by atoms with Gasteiger partial charge in [-0.05, 0) is 19.3 Å². The Bertz CT molecular complexity index is 653. The van der Waals surface area contributed by atoms with Crippen molar-refractivity contribution in [1.82, 2.24) is 24.5 Å². The molecular weight excluding hydrogens is 308 g/mol. The zero-order valence-electron chi connectivity index (χ0n) is 14.4. The SMILES string of the molecule is CCc1cc(NC2CCN(CC(O)COC)CC2)n2ncnc2n1. The molecule has 0 bridgehead atoms. The summed E-state index contributed by atoms with van der Waals surface area (Å²) in [4.78, 5) is 11.0. The highest BCUT2D eigenvalue weighted by Crippen LogP contribution is 2.18. The van der Waals surface area contributed by atoms with Crippen LogP contribution in [0.5, 0.6) is 0 Å². The average Bonchev–Trinajstić information content (AvgIpc) is 3.05. The van der Waals surface area contributed by atoms with E-state index in [9.17, 15) is 5.11 Å². The average molecular weight is 334 g/mol. The van der Waals surface area contributed by atoms with Crippen LogP contribution >= 0.6 is 0 Å². The summed E-state index contributed by atoms with van der Waals surface area (Å²) in [7, 11) is 1.61. The number of aliphatic hydroxyl groups excluding tert-OH is 1. The van der Waals surface area contributed by atoms with Crippen LogP contribution in [0.25, 0.3) is 5.78 Å². The summed E-state index contributed by atoms with van der Waals surface area (Å²) < 4.78 is 6.75. The van der Waals surface area contributed by atoms with E-state index in [1.807, 2.05) is 0 Å². The number of β-amino-alcohol motifs (C(OH)–C–C–N with tert-alkyl or cyclic N) is 1. The van der Waals surface area contributed by atoms with Gasteiger partial charge in [0.2, 0.25) is 0 Å². The number of hydrogen-bond acceptors (Lipinski definition) is 7. The Morgan fingerprint density at radius 2 is 2.21 bits per heavy atom. The number of likely N-dealkylation sites (tertiary alicyclic amines) is 1. The topological polar surface area (TPSA) is 87.8 Å². The molecule has 3 heterocycles. The fourth-order valence-corrected chi connectivity index (χ4v) is 3.16. The molecule has 0 radical (unpaired) electrons. The zero-order chi connectivity index (χ0) is 16.9. The van der Waals surface area contributed by atoms with Gasteiger partial charge in [0, 0.05) is 44.5 Å². The van der Waals surface area contributed by atoms with Crippen LogP contribution in [0.3, 0.4) is 0 Å². The Morgan fingerprint density at radius 1 is 1.42 bits per heavy atom. The van der Waals surface area contributed by atoms with E-state index >= 15 is 0 Å². The second-order valence-electron chi connectivity index (χ2n) is 6.29. The van der Waals surface area contributed by atoms with Crippen molar-refractivity contribution in [3.8, 4) is 0 Å². The minimum Gasteiger partial charge on any atom is -0.389 e. The van der Waals surface area contributed by atoms with Crippen LogP contribution in [0.1, 0.15) is 25.5 Å². The monoisotopic (exact) mass is 334 g/mol. The van der Waals surface area contributed by atoms with Crippen LogP contribution in [0.2, 0.25) is 0 Å². The van der Waals surface area contributed by atoms with Gasteiger partial charge in [0.15, 0.2) is 0 Å². The van der Waals surface area contributed by atoms with Crippen LogP contribution in [-0.2, 0) is 11.2 Å². The van der Waals surface area contributed by atoms with Gasteiger partial charge in [-0.1, -0.05) is 6.92 Å². The Labute approximate surface area is 141 Å². The van der Waals surface area contributed by atoms with Crippen molar-refractivity contribution in [3.05, 3.63) is 18.1 Å². The molecule has 132 valence electrons. The summed E-state index contributed by atoms with van der Waals surface area (Å²) in [6, 6.07) is 2.44. The number of nitrogens with one attached hydrogen (secondary N) is 1. The molecular formula is C16H26N6O2. The largest absolute Gasteiger partial charge is 0.389 e. The molecule has 0 amide bonds. The first-order valence-corrected chi connectivity index (χ1v) is 8.55. The molecule has 0 aromatic carbocycles. The van der Waals surface area contributed by atoms with Crippen LogP contribution in [0.4, 0.5) is 5.82 Å². The summed E-state index contributed by atoms with van der Waals surface area (Å²) in [6.45, 7) is 5.07. The highest BCUT2D eigenvalue weighted by molar-refractivity contribution is 5.45. The molecule has 3 rings (SSSR count). The second-order valence-corrected chi connectivity index (χ2v) is 6.29. The van der Waals surface area contributed by atoms with Crippen molar-refractivity contribution in [2.45, 2.75) is 38.3 Å². The van der Waals surface area contributed by atoms with Crippen molar-refractivity contribution in [2.75, 3.05) is 38.7 Å². The molecule has 2 aromatic rings. The molecule has 1 aliphatic rings. The number of hydrogen-bond donors (Lipinski definition) is 2. The van der Waals surface area contributed by atoms with Crippen LogP contribution in [0, 0.1) is 0 Å². The number of nitrogens with zero attached hydrogens (tertiary/aromatic N) is 5. The van der Waals surface area contributed by atoms with E-state index in [0.717, 1.165) is 43.9 Å². The standard InChI is InChI=1S/C16H26N6O2/c1-3-12-8-15(22-16(20-12)17-11-18-22)19-13-4-6-21(7-5-13)9-14(23)10-24-2/h8,11,13-14,19,23H,3-7,9-10H2,1-2H3. The van der Waals surface area contributed by atoms with Gasteiger partial charge in [-0.3, -0.25) is 0 Å². The number of anilines is 1. The molecule has 0 aliphatic carbocycles. The molecule has 24 heavy (non-hydrogen) atoms. The number of fused-ring (bicyclic) bond motifs is 1. The summed E-state index contributed by atoms with van der Waals surface area (Å²) in [5.74, 6) is 1.59. The van der Waals surface area contributed by atoms with Gasteiger partial charge in [0.05, 0.1) is 12.7 Å². The number of methoxy groups -OCH3 is 1. The molecule has 1 unspecified atom stereocenters. The third kappa shape index (κ3) is 4.00. The predicted molar refractivity (Wildman–Crippen MR) is 91.1 cm³/mol. The van der Waals surface area contributed by atoms with Crippen molar-refractivity contribution in [3.63, 3.8) is 0 Å². The molecule has 1 saturated heterocycles. The quantitative estimate of drug-likeness (QED) is 0.765. The third-order valence-corrected chi connectivity index (χ3v) is 4.43. The lowest BCUT2D eigenvalue weighted by Crippen LogP contribution is -2.43. The van der Waals surface area contributed by atoms with E-state index in [4.69, 9.17) is 4.74 Å². The number of aliphatic hydroxyl groups is 1. The highest BCUT2D eigenvalue weighted by atomic mass is 16.5. The van der Waals surface area contributed by atoms with Gasteiger partial charge >= 0.3 is 0 Å². The molecule has 0 saturated carbocycles. The van der Waals surface area contributed by atoms with Crippen molar-refractivity contribution in [2.24, 2.45) is 0 Å². The van der Waals surface area contributed by atoms with Gasteiger partial charge in [-0.15, -0.1) is 0 Å². The molecule has 2 N–H and O–H groups in total. The Kier molecular flexibility index (Phi) is 5.60. The predicted octanol–water partition coefficient (Wildman–Crippen LogP) is 0.570. The number of ether oxygens (including phenoxy) is 1. The first kappa shape index (κ1) is 17.1. The van der Waals surface area contributed by atoms with Crippen LogP contribution in [-0.4, -0.2) is 75.1 Å². The van der Waals surface area contributed by atoms with E-state index in [1.54, 1.807) is 11.6 Å². The lowest BCUT2D eigenvalue weighted by atomic mass is 10.0. The van der Waals surface area contributed by atoms with Gasteiger partial charge in [0.1, 0.15) is 12.1 Å². The summed E-state index contributed by atoms with van der Waals surface area (Å²) >= 11 is 0. The fraction of sp³-hybridized carbons (Fsp3) is 0.688. The van der Waals surface area contributed by atoms with Gasteiger partial charge in [-0.2, -0.15) is 14.6 Å². The van der Waals surface area contributed by atoms with Gasteiger partial charge < -0.3 is 20.1 Å². The molecule has 0 spiro atoms. The number of aromatic nitrogens is 4. The summed E-state index contributed by atoms with van der Waals surface area (Å²) in [5, 5.41) is 17.7. The maximum Gasteiger partial charge on any atom is 0.254 e. The first-order chi connectivity index (χ1) is 11.7. The number of aryl methyl sites for hydroxylation is 1.